The monoisotopic (exact) mass is 206 g/mol. The average Bonchev–Trinajstić information content (AvgIpc) is 2.32. The van der Waals surface area contributed by atoms with Crippen molar-refractivity contribution in [2.24, 2.45) is 0 Å². The molecule has 0 aliphatic carbocycles. The highest BCUT2D eigenvalue weighted by molar-refractivity contribution is 5.21. The summed E-state index contributed by atoms with van der Waals surface area (Å²) in [5, 5.41) is 3.51. The molecule has 3 heteroatoms. The fraction of sp³-hybridized carbons (Fsp3) is 0.583. The number of pyridine rings is 1. The zero-order valence-electron chi connectivity index (χ0n) is 9.20. The topological polar surface area (TPSA) is 34.1 Å². The fourth-order valence-corrected chi connectivity index (χ4v) is 1.97. The lowest BCUT2D eigenvalue weighted by atomic mass is 9.99. The minimum absolute atomic E-state index is 0.488. The van der Waals surface area contributed by atoms with Gasteiger partial charge in [-0.3, -0.25) is 0 Å². The maximum Gasteiger partial charge on any atom is 0.213 e. The van der Waals surface area contributed by atoms with Crippen molar-refractivity contribution < 1.29 is 4.74 Å². The third-order valence-electron chi connectivity index (χ3n) is 2.76. The van der Waals surface area contributed by atoms with Crippen molar-refractivity contribution in [3.05, 3.63) is 23.9 Å². The van der Waals surface area contributed by atoms with E-state index < -0.39 is 0 Å². The lowest BCUT2D eigenvalue weighted by molar-refractivity contribution is 0.326. The molecule has 3 nitrogen and oxygen atoms in total. The minimum atomic E-state index is 0.488. The van der Waals surface area contributed by atoms with E-state index in [0.717, 1.165) is 12.4 Å². The van der Waals surface area contributed by atoms with Crippen LogP contribution in [0.25, 0.3) is 0 Å². The van der Waals surface area contributed by atoms with Crippen LogP contribution < -0.4 is 10.1 Å². The second-order valence-electron chi connectivity index (χ2n) is 3.87. The van der Waals surface area contributed by atoms with Crippen LogP contribution in [-0.4, -0.2) is 18.1 Å². The Kier molecular flexibility index (Phi) is 3.56. The number of rotatable bonds is 3. The Balaban J connectivity index is 2.02. The second kappa shape index (κ2) is 5.12. The number of piperidine rings is 1. The Morgan fingerprint density at radius 2 is 2.40 bits per heavy atom. The molecule has 0 unspecified atom stereocenters. The minimum Gasteiger partial charge on any atom is -0.478 e. The summed E-state index contributed by atoms with van der Waals surface area (Å²) in [7, 11) is 0. The summed E-state index contributed by atoms with van der Waals surface area (Å²) in [4.78, 5) is 4.28. The van der Waals surface area contributed by atoms with Gasteiger partial charge >= 0.3 is 0 Å². The quantitative estimate of drug-likeness (QED) is 0.824. The molecule has 0 saturated carbocycles. The zero-order chi connectivity index (χ0) is 10.5. The van der Waals surface area contributed by atoms with Crippen LogP contribution >= 0.6 is 0 Å². The van der Waals surface area contributed by atoms with Crippen molar-refractivity contribution >= 4 is 0 Å². The first-order valence-electron chi connectivity index (χ1n) is 5.72. The first-order valence-corrected chi connectivity index (χ1v) is 5.72. The lowest BCUT2D eigenvalue weighted by Gasteiger charge is -2.23. The standard InChI is InChI=1S/C12H18N2O/c1-2-15-12-7-6-10(9-14-12)11-5-3-4-8-13-11/h6-7,9,11,13H,2-5,8H2,1H3/t11-/m1/s1. The van der Waals surface area contributed by atoms with Crippen LogP contribution in [0.1, 0.15) is 37.8 Å². The molecule has 1 atom stereocenters. The summed E-state index contributed by atoms with van der Waals surface area (Å²) in [6, 6.07) is 4.55. The molecule has 1 aromatic rings. The van der Waals surface area contributed by atoms with E-state index in [4.69, 9.17) is 4.74 Å². The van der Waals surface area contributed by atoms with Crippen LogP contribution in [0.5, 0.6) is 5.88 Å². The van der Waals surface area contributed by atoms with Gasteiger partial charge in [-0.2, -0.15) is 0 Å². The molecule has 1 fully saturated rings. The molecular formula is C12H18N2O. The summed E-state index contributed by atoms with van der Waals surface area (Å²) in [6.45, 7) is 3.77. The van der Waals surface area contributed by atoms with E-state index in [1.807, 2.05) is 19.2 Å². The largest absolute Gasteiger partial charge is 0.478 e. The summed E-state index contributed by atoms with van der Waals surface area (Å²) < 4.78 is 5.32. The number of nitrogens with zero attached hydrogens (tertiary/aromatic N) is 1. The van der Waals surface area contributed by atoms with E-state index in [9.17, 15) is 0 Å². The van der Waals surface area contributed by atoms with Gasteiger partial charge in [-0.1, -0.05) is 12.5 Å². The second-order valence-corrected chi connectivity index (χ2v) is 3.87. The third-order valence-corrected chi connectivity index (χ3v) is 2.76. The molecular weight excluding hydrogens is 188 g/mol. The van der Waals surface area contributed by atoms with Gasteiger partial charge in [0, 0.05) is 18.3 Å². The Morgan fingerprint density at radius 1 is 1.47 bits per heavy atom. The molecule has 1 saturated heterocycles. The van der Waals surface area contributed by atoms with E-state index >= 15 is 0 Å². The van der Waals surface area contributed by atoms with Crippen LogP contribution in [0.3, 0.4) is 0 Å². The molecule has 0 radical (unpaired) electrons. The van der Waals surface area contributed by atoms with E-state index in [1.54, 1.807) is 0 Å². The molecule has 2 heterocycles. The molecule has 0 bridgehead atoms. The van der Waals surface area contributed by atoms with Crippen LogP contribution in [0, 0.1) is 0 Å². The molecule has 1 N–H and O–H groups in total. The first-order chi connectivity index (χ1) is 7.40. The van der Waals surface area contributed by atoms with Gasteiger partial charge in [-0.25, -0.2) is 4.98 Å². The fourth-order valence-electron chi connectivity index (χ4n) is 1.97. The zero-order valence-corrected chi connectivity index (χ0v) is 9.20. The van der Waals surface area contributed by atoms with Gasteiger partial charge in [-0.15, -0.1) is 0 Å². The molecule has 15 heavy (non-hydrogen) atoms. The molecule has 2 rings (SSSR count). The Labute approximate surface area is 90.9 Å². The van der Waals surface area contributed by atoms with E-state index in [2.05, 4.69) is 16.4 Å². The molecule has 1 aromatic heterocycles. The van der Waals surface area contributed by atoms with E-state index in [-0.39, 0.29) is 0 Å². The number of hydrogen-bond acceptors (Lipinski definition) is 3. The average molecular weight is 206 g/mol. The summed E-state index contributed by atoms with van der Waals surface area (Å²) in [6.07, 6.45) is 5.75. The Bertz CT molecular complexity index is 291. The highest BCUT2D eigenvalue weighted by Crippen LogP contribution is 2.23. The van der Waals surface area contributed by atoms with Gasteiger partial charge in [0.25, 0.3) is 0 Å². The highest BCUT2D eigenvalue weighted by atomic mass is 16.5. The first kappa shape index (κ1) is 10.4. The third kappa shape index (κ3) is 2.69. The number of nitrogens with one attached hydrogen (secondary N) is 1. The van der Waals surface area contributed by atoms with E-state index in [1.165, 1.54) is 24.8 Å². The normalized spacial score (nSPS) is 21.3. The van der Waals surface area contributed by atoms with Crippen LogP contribution in [-0.2, 0) is 0 Å². The molecule has 0 amide bonds. The number of hydrogen-bond donors (Lipinski definition) is 1. The Morgan fingerprint density at radius 3 is 3.00 bits per heavy atom. The van der Waals surface area contributed by atoms with Crippen molar-refractivity contribution in [2.45, 2.75) is 32.2 Å². The van der Waals surface area contributed by atoms with Crippen molar-refractivity contribution in [3.8, 4) is 5.88 Å². The molecule has 1 aliphatic rings. The maximum atomic E-state index is 5.32. The van der Waals surface area contributed by atoms with Crippen molar-refractivity contribution in [2.75, 3.05) is 13.2 Å². The van der Waals surface area contributed by atoms with Crippen LogP contribution in [0.2, 0.25) is 0 Å². The predicted molar refractivity (Wildman–Crippen MR) is 60.0 cm³/mol. The number of aromatic nitrogens is 1. The van der Waals surface area contributed by atoms with Crippen molar-refractivity contribution in [3.63, 3.8) is 0 Å². The molecule has 82 valence electrons. The molecule has 1 aliphatic heterocycles. The molecule has 0 aromatic carbocycles. The predicted octanol–water partition coefficient (Wildman–Crippen LogP) is 2.29. The van der Waals surface area contributed by atoms with Gasteiger partial charge in [0.05, 0.1) is 6.61 Å². The van der Waals surface area contributed by atoms with Gasteiger partial charge in [0.2, 0.25) is 5.88 Å². The Hall–Kier alpha value is -1.09. The smallest absolute Gasteiger partial charge is 0.213 e. The van der Waals surface area contributed by atoms with E-state index in [0.29, 0.717) is 12.6 Å². The lowest BCUT2D eigenvalue weighted by Crippen LogP contribution is -2.26. The van der Waals surface area contributed by atoms with Crippen LogP contribution in [0.4, 0.5) is 0 Å². The molecule has 0 spiro atoms. The maximum absolute atomic E-state index is 5.32. The van der Waals surface area contributed by atoms with Crippen molar-refractivity contribution in [1.82, 2.24) is 10.3 Å². The SMILES string of the molecule is CCOc1ccc([C@H]2CCCCN2)cn1. The van der Waals surface area contributed by atoms with Gasteiger partial charge in [0.15, 0.2) is 0 Å². The number of ether oxygens (including phenoxy) is 1. The summed E-state index contributed by atoms with van der Waals surface area (Å²) in [5.74, 6) is 0.719. The van der Waals surface area contributed by atoms with Gasteiger partial charge in [0.1, 0.15) is 0 Å². The van der Waals surface area contributed by atoms with Crippen LogP contribution in [0.15, 0.2) is 18.3 Å². The van der Waals surface area contributed by atoms with Gasteiger partial charge < -0.3 is 10.1 Å². The summed E-state index contributed by atoms with van der Waals surface area (Å²) in [5.41, 5.74) is 1.28. The highest BCUT2D eigenvalue weighted by Gasteiger charge is 2.14. The summed E-state index contributed by atoms with van der Waals surface area (Å²) >= 11 is 0. The van der Waals surface area contributed by atoms with Crippen molar-refractivity contribution in [1.29, 1.82) is 0 Å². The van der Waals surface area contributed by atoms with Gasteiger partial charge in [-0.05, 0) is 31.9 Å².